The van der Waals surface area contributed by atoms with Crippen molar-refractivity contribution in [1.29, 1.82) is 0 Å². The average molecular weight is 287 g/mol. The SMILES string of the molecule is Cn1cccc1C1SCCN1C(=O)Nc1ccccc1. The second-order valence-electron chi connectivity index (χ2n) is 4.76. The molecule has 0 spiro atoms. The van der Waals surface area contributed by atoms with Gasteiger partial charge in [-0.3, -0.25) is 0 Å². The third-order valence-electron chi connectivity index (χ3n) is 3.41. The molecule has 1 aromatic carbocycles. The van der Waals surface area contributed by atoms with Gasteiger partial charge in [0.2, 0.25) is 0 Å². The molecule has 2 heterocycles. The third-order valence-corrected chi connectivity index (χ3v) is 4.64. The van der Waals surface area contributed by atoms with Gasteiger partial charge in [-0.2, -0.15) is 0 Å². The molecule has 104 valence electrons. The Morgan fingerprint density at radius 2 is 2.05 bits per heavy atom. The molecule has 1 aliphatic rings. The normalized spacial score (nSPS) is 18.2. The summed E-state index contributed by atoms with van der Waals surface area (Å²) in [6, 6.07) is 13.6. The Labute approximate surface area is 122 Å². The highest BCUT2D eigenvalue weighted by atomic mass is 32.2. The molecule has 3 rings (SSSR count). The molecule has 1 unspecified atom stereocenters. The molecule has 4 nitrogen and oxygen atoms in total. The molecule has 1 aliphatic heterocycles. The van der Waals surface area contributed by atoms with E-state index in [1.807, 2.05) is 54.5 Å². The maximum absolute atomic E-state index is 12.4. The van der Waals surface area contributed by atoms with Crippen LogP contribution in [-0.4, -0.2) is 27.8 Å². The number of amides is 2. The number of rotatable bonds is 2. The first kappa shape index (κ1) is 13.1. The summed E-state index contributed by atoms with van der Waals surface area (Å²) in [5.41, 5.74) is 2.00. The quantitative estimate of drug-likeness (QED) is 0.920. The fraction of sp³-hybridized carbons (Fsp3) is 0.267. The number of aromatic nitrogens is 1. The molecular formula is C15H17N3OS. The van der Waals surface area contributed by atoms with E-state index in [0.29, 0.717) is 0 Å². The summed E-state index contributed by atoms with van der Waals surface area (Å²) in [6.07, 6.45) is 2.02. The van der Waals surface area contributed by atoms with Crippen LogP contribution in [-0.2, 0) is 7.05 Å². The summed E-state index contributed by atoms with van der Waals surface area (Å²) >= 11 is 1.81. The number of benzene rings is 1. The topological polar surface area (TPSA) is 37.3 Å². The van der Waals surface area contributed by atoms with Crippen LogP contribution in [0.1, 0.15) is 11.1 Å². The smallest absolute Gasteiger partial charge is 0.323 e. The average Bonchev–Trinajstić information content (AvgIpc) is 3.07. The van der Waals surface area contributed by atoms with E-state index in [-0.39, 0.29) is 11.4 Å². The second-order valence-corrected chi connectivity index (χ2v) is 5.94. The standard InChI is InChI=1S/C15H17N3OS/c1-17-9-5-8-13(17)14-18(10-11-20-14)15(19)16-12-6-3-2-4-7-12/h2-9,14H,10-11H2,1H3,(H,16,19). The molecule has 0 radical (unpaired) electrons. The first-order chi connectivity index (χ1) is 9.75. The lowest BCUT2D eigenvalue weighted by Gasteiger charge is -2.24. The first-order valence-corrected chi connectivity index (χ1v) is 7.66. The predicted molar refractivity (Wildman–Crippen MR) is 82.8 cm³/mol. The Morgan fingerprint density at radius 3 is 2.75 bits per heavy atom. The van der Waals surface area contributed by atoms with Gasteiger partial charge in [-0.15, -0.1) is 11.8 Å². The fourth-order valence-electron chi connectivity index (χ4n) is 2.37. The number of anilines is 1. The largest absolute Gasteiger partial charge is 0.352 e. The molecule has 1 aromatic heterocycles. The van der Waals surface area contributed by atoms with Crippen LogP contribution >= 0.6 is 11.8 Å². The number of thioether (sulfide) groups is 1. The highest BCUT2D eigenvalue weighted by Crippen LogP contribution is 2.38. The highest BCUT2D eigenvalue weighted by Gasteiger charge is 2.31. The Morgan fingerprint density at radius 1 is 1.25 bits per heavy atom. The van der Waals surface area contributed by atoms with E-state index in [1.165, 1.54) is 0 Å². The zero-order chi connectivity index (χ0) is 13.9. The van der Waals surface area contributed by atoms with Crippen LogP contribution in [0.25, 0.3) is 0 Å². The van der Waals surface area contributed by atoms with Gasteiger partial charge < -0.3 is 14.8 Å². The summed E-state index contributed by atoms with van der Waals surface area (Å²) in [6.45, 7) is 0.777. The van der Waals surface area contributed by atoms with Crippen molar-refractivity contribution in [3.63, 3.8) is 0 Å². The molecule has 0 saturated carbocycles. The Bertz CT molecular complexity index is 596. The highest BCUT2D eigenvalue weighted by molar-refractivity contribution is 7.99. The van der Waals surface area contributed by atoms with Gasteiger partial charge in [-0.05, 0) is 24.3 Å². The van der Waals surface area contributed by atoms with Crippen LogP contribution in [0.4, 0.5) is 10.5 Å². The zero-order valence-electron chi connectivity index (χ0n) is 11.3. The number of hydrogen-bond acceptors (Lipinski definition) is 2. The maximum Gasteiger partial charge on any atom is 0.323 e. The molecule has 0 aliphatic carbocycles. The lowest BCUT2D eigenvalue weighted by molar-refractivity contribution is 0.213. The molecule has 5 heteroatoms. The predicted octanol–water partition coefficient (Wildman–Crippen LogP) is 3.30. The monoisotopic (exact) mass is 287 g/mol. The van der Waals surface area contributed by atoms with Crippen molar-refractivity contribution < 1.29 is 4.79 Å². The molecule has 2 amide bonds. The molecule has 1 N–H and O–H groups in total. The summed E-state index contributed by atoms with van der Waals surface area (Å²) in [7, 11) is 2.02. The zero-order valence-corrected chi connectivity index (χ0v) is 12.1. The van der Waals surface area contributed by atoms with Crippen molar-refractivity contribution in [2.24, 2.45) is 7.05 Å². The van der Waals surface area contributed by atoms with Gasteiger partial charge in [-0.1, -0.05) is 18.2 Å². The Balaban J connectivity index is 1.76. The van der Waals surface area contributed by atoms with E-state index in [9.17, 15) is 4.79 Å². The number of nitrogens with one attached hydrogen (secondary N) is 1. The summed E-state index contributed by atoms with van der Waals surface area (Å²) in [4.78, 5) is 14.3. The second kappa shape index (κ2) is 5.63. The van der Waals surface area contributed by atoms with Crippen molar-refractivity contribution in [3.05, 3.63) is 54.4 Å². The minimum Gasteiger partial charge on any atom is -0.352 e. The molecule has 0 bridgehead atoms. The van der Waals surface area contributed by atoms with Gasteiger partial charge in [-0.25, -0.2) is 4.79 Å². The van der Waals surface area contributed by atoms with Crippen molar-refractivity contribution in [2.45, 2.75) is 5.37 Å². The van der Waals surface area contributed by atoms with Gasteiger partial charge in [0.05, 0.1) is 5.69 Å². The van der Waals surface area contributed by atoms with Gasteiger partial charge >= 0.3 is 6.03 Å². The van der Waals surface area contributed by atoms with Crippen molar-refractivity contribution in [3.8, 4) is 0 Å². The number of nitrogens with zero attached hydrogens (tertiary/aromatic N) is 2. The maximum atomic E-state index is 12.4. The minimum absolute atomic E-state index is 0.0348. The molecule has 1 fully saturated rings. The van der Waals surface area contributed by atoms with Crippen molar-refractivity contribution in [1.82, 2.24) is 9.47 Å². The summed E-state index contributed by atoms with van der Waals surface area (Å²) < 4.78 is 2.08. The Kier molecular flexibility index (Phi) is 3.69. The van der Waals surface area contributed by atoms with E-state index in [0.717, 1.165) is 23.7 Å². The van der Waals surface area contributed by atoms with Gasteiger partial charge in [0.15, 0.2) is 0 Å². The number of aryl methyl sites for hydroxylation is 1. The summed E-state index contributed by atoms with van der Waals surface area (Å²) in [5, 5.41) is 3.06. The van der Waals surface area contributed by atoms with E-state index in [1.54, 1.807) is 11.8 Å². The number of carbonyl (C=O) groups is 1. The van der Waals surface area contributed by atoms with E-state index in [2.05, 4.69) is 16.0 Å². The van der Waals surface area contributed by atoms with E-state index < -0.39 is 0 Å². The van der Waals surface area contributed by atoms with Crippen molar-refractivity contribution >= 4 is 23.5 Å². The number of hydrogen-bond donors (Lipinski definition) is 1. The number of carbonyl (C=O) groups excluding carboxylic acids is 1. The van der Waals surface area contributed by atoms with Gasteiger partial charge in [0, 0.05) is 31.2 Å². The van der Waals surface area contributed by atoms with Crippen LogP contribution in [0, 0.1) is 0 Å². The summed E-state index contributed by atoms with van der Waals surface area (Å²) in [5.74, 6) is 0.970. The molecular weight excluding hydrogens is 270 g/mol. The molecule has 1 atom stereocenters. The first-order valence-electron chi connectivity index (χ1n) is 6.61. The van der Waals surface area contributed by atoms with E-state index in [4.69, 9.17) is 0 Å². The minimum atomic E-state index is -0.0348. The fourth-order valence-corrected chi connectivity index (χ4v) is 3.69. The van der Waals surface area contributed by atoms with Gasteiger partial charge in [0.25, 0.3) is 0 Å². The lowest BCUT2D eigenvalue weighted by Crippen LogP contribution is -2.34. The molecule has 1 saturated heterocycles. The van der Waals surface area contributed by atoms with E-state index >= 15 is 0 Å². The molecule has 2 aromatic rings. The van der Waals surface area contributed by atoms with Crippen LogP contribution < -0.4 is 5.32 Å². The van der Waals surface area contributed by atoms with Crippen LogP contribution in [0.2, 0.25) is 0 Å². The van der Waals surface area contributed by atoms with Crippen LogP contribution in [0.15, 0.2) is 48.7 Å². The molecule has 20 heavy (non-hydrogen) atoms. The van der Waals surface area contributed by atoms with Gasteiger partial charge in [0.1, 0.15) is 5.37 Å². The van der Waals surface area contributed by atoms with Crippen LogP contribution in [0.3, 0.4) is 0 Å². The van der Waals surface area contributed by atoms with Crippen molar-refractivity contribution in [2.75, 3.05) is 17.6 Å². The number of urea groups is 1. The lowest BCUT2D eigenvalue weighted by atomic mass is 10.3. The Hall–Kier alpha value is -1.88. The third kappa shape index (κ3) is 2.54. The number of para-hydroxylation sites is 1. The van der Waals surface area contributed by atoms with Crippen LogP contribution in [0.5, 0.6) is 0 Å².